The normalized spacial score (nSPS) is 26.2. The standard InChI is InChI=1S/C17H26FN/c1-17(2,3)14-8-4-12(5-9-14)16(19)13-6-10-15(18)11-7-13/h6-7,10-12,14,16H,4-5,8-9,19H2,1-3H3. The minimum absolute atomic E-state index is 0.0570. The predicted molar refractivity (Wildman–Crippen MR) is 78.2 cm³/mol. The van der Waals surface area contributed by atoms with Crippen LogP contribution in [-0.2, 0) is 0 Å². The van der Waals surface area contributed by atoms with E-state index in [4.69, 9.17) is 5.73 Å². The summed E-state index contributed by atoms with van der Waals surface area (Å²) in [6, 6.07) is 6.74. The Morgan fingerprint density at radius 2 is 1.58 bits per heavy atom. The number of nitrogens with two attached hydrogens (primary N) is 1. The summed E-state index contributed by atoms with van der Waals surface area (Å²) >= 11 is 0. The van der Waals surface area contributed by atoms with Crippen LogP contribution in [0.15, 0.2) is 24.3 Å². The van der Waals surface area contributed by atoms with Gasteiger partial charge in [0.25, 0.3) is 0 Å². The molecular weight excluding hydrogens is 237 g/mol. The van der Waals surface area contributed by atoms with E-state index in [1.165, 1.54) is 37.8 Å². The summed E-state index contributed by atoms with van der Waals surface area (Å²) in [6.45, 7) is 6.99. The van der Waals surface area contributed by atoms with Gasteiger partial charge in [0.2, 0.25) is 0 Å². The van der Waals surface area contributed by atoms with Crippen LogP contribution in [0.25, 0.3) is 0 Å². The van der Waals surface area contributed by atoms with Crippen molar-refractivity contribution in [1.82, 2.24) is 0 Å². The third kappa shape index (κ3) is 3.56. The molecule has 1 fully saturated rings. The Hall–Kier alpha value is -0.890. The molecule has 1 atom stereocenters. The molecule has 1 aliphatic rings. The fourth-order valence-electron chi connectivity index (χ4n) is 3.30. The van der Waals surface area contributed by atoms with Crippen molar-refractivity contribution in [3.63, 3.8) is 0 Å². The second-order valence-electron chi connectivity index (χ2n) is 7.06. The second-order valence-corrected chi connectivity index (χ2v) is 7.06. The van der Waals surface area contributed by atoms with Gasteiger partial charge in [-0.25, -0.2) is 4.39 Å². The zero-order chi connectivity index (χ0) is 14.0. The predicted octanol–water partition coefficient (Wildman–Crippen LogP) is 4.68. The molecule has 106 valence electrons. The van der Waals surface area contributed by atoms with Crippen molar-refractivity contribution < 1.29 is 4.39 Å². The number of hydrogen-bond donors (Lipinski definition) is 1. The molecule has 2 heteroatoms. The van der Waals surface area contributed by atoms with E-state index in [1.807, 2.05) is 12.1 Å². The van der Waals surface area contributed by atoms with E-state index in [1.54, 1.807) is 0 Å². The van der Waals surface area contributed by atoms with Crippen LogP contribution in [0.1, 0.15) is 58.1 Å². The third-order valence-electron chi connectivity index (χ3n) is 4.76. The molecule has 0 radical (unpaired) electrons. The average Bonchev–Trinajstić information content (AvgIpc) is 2.38. The van der Waals surface area contributed by atoms with E-state index < -0.39 is 0 Å². The number of benzene rings is 1. The molecule has 1 aromatic rings. The van der Waals surface area contributed by atoms with Crippen molar-refractivity contribution in [3.8, 4) is 0 Å². The monoisotopic (exact) mass is 263 g/mol. The smallest absolute Gasteiger partial charge is 0.123 e. The van der Waals surface area contributed by atoms with Gasteiger partial charge in [-0.3, -0.25) is 0 Å². The van der Waals surface area contributed by atoms with E-state index in [0.29, 0.717) is 11.3 Å². The molecule has 1 nitrogen and oxygen atoms in total. The summed E-state index contributed by atoms with van der Waals surface area (Å²) in [6.07, 6.45) is 4.92. The summed E-state index contributed by atoms with van der Waals surface area (Å²) in [7, 11) is 0. The van der Waals surface area contributed by atoms with Gasteiger partial charge in [0.05, 0.1) is 0 Å². The zero-order valence-electron chi connectivity index (χ0n) is 12.3. The molecule has 2 N–H and O–H groups in total. The highest BCUT2D eigenvalue weighted by Crippen LogP contribution is 2.42. The lowest BCUT2D eigenvalue weighted by atomic mass is 9.68. The van der Waals surface area contributed by atoms with E-state index >= 15 is 0 Å². The molecule has 0 amide bonds. The Morgan fingerprint density at radius 3 is 2.05 bits per heavy atom. The van der Waals surface area contributed by atoms with Crippen LogP contribution in [-0.4, -0.2) is 0 Å². The Bertz CT molecular complexity index is 396. The lowest BCUT2D eigenvalue weighted by Crippen LogP contribution is -2.30. The molecular formula is C17H26FN. The van der Waals surface area contributed by atoms with Crippen molar-refractivity contribution in [1.29, 1.82) is 0 Å². The molecule has 1 aliphatic carbocycles. The quantitative estimate of drug-likeness (QED) is 0.824. The van der Waals surface area contributed by atoms with Crippen molar-refractivity contribution in [2.45, 2.75) is 52.5 Å². The number of halogens is 1. The maximum atomic E-state index is 12.9. The molecule has 0 aromatic heterocycles. The van der Waals surface area contributed by atoms with Crippen molar-refractivity contribution >= 4 is 0 Å². The van der Waals surface area contributed by atoms with Gasteiger partial charge in [0.15, 0.2) is 0 Å². The van der Waals surface area contributed by atoms with Crippen molar-refractivity contribution in [2.75, 3.05) is 0 Å². The van der Waals surface area contributed by atoms with Crippen LogP contribution in [0.4, 0.5) is 4.39 Å². The van der Waals surface area contributed by atoms with Gasteiger partial charge < -0.3 is 5.73 Å². The highest BCUT2D eigenvalue weighted by Gasteiger charge is 2.32. The highest BCUT2D eigenvalue weighted by molar-refractivity contribution is 5.20. The summed E-state index contributed by atoms with van der Waals surface area (Å²) in [4.78, 5) is 0. The Kier molecular flexibility index (Phi) is 4.29. The summed E-state index contributed by atoms with van der Waals surface area (Å²) < 4.78 is 12.9. The van der Waals surface area contributed by atoms with Crippen LogP contribution in [0, 0.1) is 23.1 Å². The summed E-state index contributed by atoms with van der Waals surface area (Å²) in [5.41, 5.74) is 7.83. The Morgan fingerprint density at radius 1 is 1.05 bits per heavy atom. The maximum absolute atomic E-state index is 12.9. The van der Waals surface area contributed by atoms with Gasteiger partial charge in [-0.15, -0.1) is 0 Å². The van der Waals surface area contributed by atoms with E-state index in [-0.39, 0.29) is 11.9 Å². The highest BCUT2D eigenvalue weighted by atomic mass is 19.1. The Labute approximate surface area is 116 Å². The molecule has 0 saturated heterocycles. The largest absolute Gasteiger partial charge is 0.324 e. The topological polar surface area (TPSA) is 26.0 Å². The van der Waals surface area contributed by atoms with Gasteiger partial charge >= 0.3 is 0 Å². The van der Waals surface area contributed by atoms with E-state index in [9.17, 15) is 4.39 Å². The molecule has 1 unspecified atom stereocenters. The molecule has 1 saturated carbocycles. The fraction of sp³-hybridized carbons (Fsp3) is 0.647. The molecule has 1 aromatic carbocycles. The van der Waals surface area contributed by atoms with Crippen LogP contribution in [0.3, 0.4) is 0 Å². The van der Waals surface area contributed by atoms with Crippen molar-refractivity contribution in [2.24, 2.45) is 23.0 Å². The number of hydrogen-bond acceptors (Lipinski definition) is 1. The second kappa shape index (κ2) is 5.62. The van der Waals surface area contributed by atoms with Crippen molar-refractivity contribution in [3.05, 3.63) is 35.6 Å². The minimum Gasteiger partial charge on any atom is -0.324 e. The zero-order valence-corrected chi connectivity index (χ0v) is 12.3. The lowest BCUT2D eigenvalue weighted by molar-refractivity contribution is 0.139. The Balaban J connectivity index is 1.96. The summed E-state index contributed by atoms with van der Waals surface area (Å²) in [5, 5.41) is 0. The third-order valence-corrected chi connectivity index (χ3v) is 4.76. The molecule has 0 bridgehead atoms. The minimum atomic E-state index is -0.188. The molecule has 0 spiro atoms. The average molecular weight is 263 g/mol. The molecule has 19 heavy (non-hydrogen) atoms. The first kappa shape index (κ1) is 14.5. The van der Waals surface area contributed by atoms with Crippen LogP contribution >= 0.6 is 0 Å². The molecule has 0 aliphatic heterocycles. The maximum Gasteiger partial charge on any atom is 0.123 e. The van der Waals surface area contributed by atoms with Crippen LogP contribution in [0.5, 0.6) is 0 Å². The molecule has 0 heterocycles. The molecule has 2 rings (SSSR count). The van der Waals surface area contributed by atoms with Crippen LogP contribution in [0.2, 0.25) is 0 Å². The van der Waals surface area contributed by atoms with Crippen LogP contribution < -0.4 is 5.73 Å². The van der Waals surface area contributed by atoms with Gasteiger partial charge in [0, 0.05) is 6.04 Å². The van der Waals surface area contributed by atoms with Gasteiger partial charge in [-0.1, -0.05) is 32.9 Å². The number of rotatable bonds is 2. The first-order valence-electron chi connectivity index (χ1n) is 7.39. The summed E-state index contributed by atoms with van der Waals surface area (Å²) in [5.74, 6) is 1.17. The SMILES string of the molecule is CC(C)(C)C1CCC(C(N)c2ccc(F)cc2)CC1. The first-order valence-corrected chi connectivity index (χ1v) is 7.39. The van der Waals surface area contributed by atoms with E-state index in [0.717, 1.165) is 11.5 Å². The van der Waals surface area contributed by atoms with Gasteiger partial charge in [-0.2, -0.15) is 0 Å². The fourth-order valence-corrected chi connectivity index (χ4v) is 3.30. The van der Waals surface area contributed by atoms with Gasteiger partial charge in [0.1, 0.15) is 5.82 Å². The van der Waals surface area contributed by atoms with Gasteiger partial charge in [-0.05, 0) is 60.6 Å². The lowest BCUT2D eigenvalue weighted by Gasteiger charge is -2.38. The first-order chi connectivity index (χ1) is 8.88. The van der Waals surface area contributed by atoms with E-state index in [2.05, 4.69) is 20.8 Å².